The van der Waals surface area contributed by atoms with E-state index in [0.717, 1.165) is 11.1 Å². The van der Waals surface area contributed by atoms with Gasteiger partial charge in [0.1, 0.15) is 4.90 Å². The number of rotatable bonds is 8. The van der Waals surface area contributed by atoms with Crippen molar-refractivity contribution in [1.82, 2.24) is 4.98 Å². The molecule has 3 N–H and O–H groups in total. The monoisotopic (exact) mass is 570 g/mol. The van der Waals surface area contributed by atoms with E-state index < -0.39 is 26.0 Å². The predicted octanol–water partition coefficient (Wildman–Crippen LogP) is 5.21. The highest BCUT2D eigenvalue weighted by Crippen LogP contribution is 2.28. The number of hydrogen-bond donors (Lipinski definition) is 3. The number of nitrogens with zero attached hydrogens (tertiary/aromatic N) is 1. The summed E-state index contributed by atoms with van der Waals surface area (Å²) in [6.07, 6.45) is 2.90. The molecule has 0 saturated heterocycles. The number of amides is 1. The fourth-order valence-electron chi connectivity index (χ4n) is 3.47. The first-order valence-electron chi connectivity index (χ1n) is 11.2. The van der Waals surface area contributed by atoms with Gasteiger partial charge in [-0.25, -0.2) is 16.8 Å². The van der Waals surface area contributed by atoms with Crippen molar-refractivity contribution in [3.8, 4) is 0 Å². The van der Waals surface area contributed by atoms with Crippen LogP contribution < -0.4 is 14.8 Å². The van der Waals surface area contributed by atoms with Crippen LogP contribution in [0, 0.1) is 13.8 Å². The van der Waals surface area contributed by atoms with Gasteiger partial charge in [-0.15, -0.1) is 0 Å². The van der Waals surface area contributed by atoms with E-state index >= 15 is 0 Å². The fraction of sp³-hybridized carbons (Fsp3) is 0.0769. The van der Waals surface area contributed by atoms with E-state index in [1.807, 2.05) is 13.0 Å². The number of pyridine rings is 1. The van der Waals surface area contributed by atoms with Crippen molar-refractivity contribution >= 4 is 54.6 Å². The lowest BCUT2D eigenvalue weighted by Gasteiger charge is -2.14. The molecular formula is C26H23ClN4O5S2. The van der Waals surface area contributed by atoms with E-state index in [1.54, 1.807) is 31.2 Å². The standard InChI is InChI=1S/C26H23ClN4O5S2/c1-17-5-3-7-24(18(17)2)31-38(35,36)25-15-19(8-13-23(25)27)26(32)29-20-9-11-22(12-10-20)37(33,34)30-21-6-4-14-28-16-21/h3-16,30-31H,1-2H3,(H,29,32). The van der Waals surface area contributed by atoms with Crippen LogP contribution in [0.3, 0.4) is 0 Å². The number of carbonyl (C=O) groups excluding carboxylic acids is 1. The molecule has 196 valence electrons. The van der Waals surface area contributed by atoms with Gasteiger partial charge in [-0.1, -0.05) is 23.7 Å². The van der Waals surface area contributed by atoms with Crippen LogP contribution in [-0.2, 0) is 20.0 Å². The number of sulfonamides is 2. The summed E-state index contributed by atoms with van der Waals surface area (Å²) in [4.78, 5) is 16.5. The molecule has 1 amide bonds. The number of nitrogens with one attached hydrogen (secondary N) is 3. The Bertz CT molecular complexity index is 1710. The second kappa shape index (κ2) is 10.8. The first kappa shape index (κ1) is 27.1. The van der Waals surface area contributed by atoms with Gasteiger partial charge in [0.05, 0.1) is 27.5 Å². The van der Waals surface area contributed by atoms with Crippen molar-refractivity contribution in [1.29, 1.82) is 0 Å². The summed E-state index contributed by atoms with van der Waals surface area (Å²) in [5.41, 5.74) is 2.75. The normalized spacial score (nSPS) is 11.6. The zero-order valence-corrected chi connectivity index (χ0v) is 22.7. The molecule has 0 aliphatic carbocycles. The highest BCUT2D eigenvalue weighted by molar-refractivity contribution is 7.93. The smallest absolute Gasteiger partial charge is 0.263 e. The second-order valence-electron chi connectivity index (χ2n) is 8.32. The largest absolute Gasteiger partial charge is 0.322 e. The van der Waals surface area contributed by atoms with Crippen molar-refractivity contribution in [2.45, 2.75) is 23.6 Å². The summed E-state index contributed by atoms with van der Waals surface area (Å²) in [7, 11) is -7.96. The van der Waals surface area contributed by atoms with Crippen LogP contribution in [0.4, 0.5) is 17.1 Å². The van der Waals surface area contributed by atoms with Crippen LogP contribution in [0.2, 0.25) is 5.02 Å². The minimum absolute atomic E-state index is 0.0169. The van der Waals surface area contributed by atoms with Crippen LogP contribution in [0.25, 0.3) is 0 Å². The second-order valence-corrected chi connectivity index (χ2v) is 12.1. The summed E-state index contributed by atoms with van der Waals surface area (Å²) in [6.45, 7) is 3.66. The maximum absolute atomic E-state index is 13.1. The molecule has 3 aromatic carbocycles. The maximum atomic E-state index is 13.1. The quantitative estimate of drug-likeness (QED) is 0.266. The topological polar surface area (TPSA) is 134 Å². The first-order chi connectivity index (χ1) is 18.0. The van der Waals surface area contributed by atoms with Gasteiger partial charge >= 0.3 is 0 Å². The minimum Gasteiger partial charge on any atom is -0.322 e. The molecule has 0 fully saturated rings. The van der Waals surface area contributed by atoms with E-state index in [2.05, 4.69) is 19.7 Å². The SMILES string of the molecule is Cc1cccc(NS(=O)(=O)c2cc(C(=O)Nc3ccc(S(=O)(=O)Nc4cccnc4)cc3)ccc2Cl)c1C. The van der Waals surface area contributed by atoms with Crippen molar-refractivity contribution in [2.75, 3.05) is 14.8 Å². The lowest BCUT2D eigenvalue weighted by atomic mass is 10.1. The predicted molar refractivity (Wildman–Crippen MR) is 148 cm³/mol. The van der Waals surface area contributed by atoms with Gasteiger partial charge in [0.25, 0.3) is 26.0 Å². The summed E-state index contributed by atoms with van der Waals surface area (Å²) in [5.74, 6) is -0.603. The van der Waals surface area contributed by atoms with Crippen LogP contribution in [0.1, 0.15) is 21.5 Å². The molecular weight excluding hydrogens is 548 g/mol. The summed E-state index contributed by atoms with van der Waals surface area (Å²) in [6, 6.07) is 17.8. The zero-order valence-electron chi connectivity index (χ0n) is 20.3. The van der Waals surface area contributed by atoms with Crippen molar-refractivity contribution in [2.24, 2.45) is 0 Å². The molecule has 0 bridgehead atoms. The van der Waals surface area contributed by atoms with Gasteiger partial charge in [0.2, 0.25) is 0 Å². The van der Waals surface area contributed by atoms with Gasteiger partial charge < -0.3 is 5.32 Å². The lowest BCUT2D eigenvalue weighted by Crippen LogP contribution is -2.17. The Labute approximate surface area is 226 Å². The van der Waals surface area contributed by atoms with E-state index in [-0.39, 0.29) is 20.4 Å². The average Bonchev–Trinajstić information content (AvgIpc) is 2.87. The Hall–Kier alpha value is -3.93. The Morgan fingerprint density at radius 3 is 2.24 bits per heavy atom. The highest BCUT2D eigenvalue weighted by atomic mass is 35.5. The number of halogens is 1. The summed E-state index contributed by atoms with van der Waals surface area (Å²) < 4.78 is 56.3. The van der Waals surface area contributed by atoms with Gasteiger partial charge in [-0.2, -0.15) is 0 Å². The third kappa shape index (κ3) is 6.13. The molecule has 0 spiro atoms. The third-order valence-electron chi connectivity index (χ3n) is 5.67. The molecule has 9 nitrogen and oxygen atoms in total. The van der Waals surface area contributed by atoms with Gasteiger partial charge in [-0.3, -0.25) is 19.2 Å². The molecule has 38 heavy (non-hydrogen) atoms. The molecule has 4 rings (SSSR count). The van der Waals surface area contributed by atoms with Crippen LogP contribution in [-0.4, -0.2) is 27.7 Å². The van der Waals surface area contributed by atoms with Crippen LogP contribution in [0.15, 0.2) is 95.0 Å². The maximum Gasteiger partial charge on any atom is 0.263 e. The lowest BCUT2D eigenvalue weighted by molar-refractivity contribution is 0.102. The van der Waals surface area contributed by atoms with Gasteiger partial charge in [0.15, 0.2) is 0 Å². The number of hydrogen-bond acceptors (Lipinski definition) is 6. The number of anilines is 3. The Morgan fingerprint density at radius 1 is 0.816 bits per heavy atom. The van der Waals surface area contributed by atoms with E-state index in [9.17, 15) is 21.6 Å². The molecule has 1 aromatic heterocycles. The number of aromatic nitrogens is 1. The van der Waals surface area contributed by atoms with E-state index in [4.69, 9.17) is 11.6 Å². The molecule has 0 radical (unpaired) electrons. The molecule has 0 aliphatic heterocycles. The van der Waals surface area contributed by atoms with Gasteiger partial charge in [-0.05, 0) is 85.6 Å². The zero-order chi connectivity index (χ0) is 27.5. The molecule has 0 unspecified atom stereocenters. The third-order valence-corrected chi connectivity index (χ3v) is 8.91. The minimum atomic E-state index is -4.10. The first-order valence-corrected chi connectivity index (χ1v) is 14.5. The fourth-order valence-corrected chi connectivity index (χ4v) is 6.16. The summed E-state index contributed by atoms with van der Waals surface area (Å²) >= 11 is 6.18. The van der Waals surface area contributed by atoms with Crippen molar-refractivity contribution in [3.63, 3.8) is 0 Å². The number of aryl methyl sites for hydroxylation is 1. The van der Waals surface area contributed by atoms with Crippen molar-refractivity contribution < 1.29 is 21.6 Å². The Morgan fingerprint density at radius 2 is 1.55 bits per heavy atom. The van der Waals surface area contributed by atoms with E-state index in [0.29, 0.717) is 17.1 Å². The highest BCUT2D eigenvalue weighted by Gasteiger charge is 2.22. The summed E-state index contributed by atoms with van der Waals surface area (Å²) in [5, 5.41) is 2.58. The molecule has 0 aliphatic rings. The molecule has 0 atom stereocenters. The Balaban J connectivity index is 1.51. The van der Waals surface area contributed by atoms with Crippen molar-refractivity contribution in [3.05, 3.63) is 107 Å². The molecule has 1 heterocycles. The number of benzene rings is 3. The van der Waals surface area contributed by atoms with E-state index in [1.165, 1.54) is 54.9 Å². The molecule has 4 aromatic rings. The van der Waals surface area contributed by atoms with Crippen LogP contribution in [0.5, 0.6) is 0 Å². The van der Waals surface area contributed by atoms with Crippen LogP contribution >= 0.6 is 11.6 Å². The van der Waals surface area contributed by atoms with Gasteiger partial charge in [0, 0.05) is 17.4 Å². The number of carbonyl (C=O) groups is 1. The molecule has 0 saturated carbocycles. The molecule has 12 heteroatoms. The Kier molecular flexibility index (Phi) is 7.72. The average molecular weight is 571 g/mol.